The first kappa shape index (κ1) is 13.0. The molecule has 2 rings (SSSR count). The monoisotopic (exact) mass is 264 g/mol. The maximum atomic E-state index is 11.8. The highest BCUT2D eigenvalue weighted by atomic mass is 32.2. The van der Waals surface area contributed by atoms with E-state index in [4.69, 9.17) is 9.47 Å². The van der Waals surface area contributed by atoms with E-state index in [1.54, 1.807) is 32.9 Å². The van der Waals surface area contributed by atoms with Crippen LogP contribution in [0.3, 0.4) is 0 Å². The molecular weight excluding hydrogens is 248 g/mol. The van der Waals surface area contributed by atoms with Gasteiger partial charge in [-0.15, -0.1) is 11.8 Å². The number of rotatable bonds is 3. The van der Waals surface area contributed by atoms with Crippen LogP contribution in [0.1, 0.15) is 13.3 Å². The molecule has 1 heterocycles. The molecule has 0 radical (unpaired) electrons. The molecule has 1 aliphatic heterocycles. The van der Waals surface area contributed by atoms with Crippen LogP contribution < -0.4 is 0 Å². The van der Waals surface area contributed by atoms with E-state index in [0.717, 1.165) is 16.9 Å². The Bertz CT molecular complexity index is 473. The van der Waals surface area contributed by atoms with Gasteiger partial charge in [0.15, 0.2) is 11.5 Å². The lowest BCUT2D eigenvalue weighted by atomic mass is 9.88. The van der Waals surface area contributed by atoms with Crippen LogP contribution in [-0.4, -0.2) is 20.0 Å². The van der Waals surface area contributed by atoms with Crippen LogP contribution in [0.25, 0.3) is 0 Å². The molecule has 18 heavy (non-hydrogen) atoms. The second-order valence-electron chi connectivity index (χ2n) is 4.08. The third-order valence-electron chi connectivity index (χ3n) is 2.99. The average molecular weight is 264 g/mol. The summed E-state index contributed by atoms with van der Waals surface area (Å²) in [4.78, 5) is 12.9. The summed E-state index contributed by atoms with van der Waals surface area (Å²) in [6.45, 7) is 1.60. The number of thioether (sulfide) groups is 1. The van der Waals surface area contributed by atoms with Gasteiger partial charge in [0, 0.05) is 10.5 Å². The maximum Gasteiger partial charge on any atom is 0.165 e. The van der Waals surface area contributed by atoms with Gasteiger partial charge in [-0.25, -0.2) is 0 Å². The summed E-state index contributed by atoms with van der Waals surface area (Å²) in [5.41, 5.74) is 0.944. The van der Waals surface area contributed by atoms with E-state index in [9.17, 15) is 4.79 Å². The SMILES string of the molecule is COC1=C(OC)/C(=C2/CC=CS2)C(C(C)=O)C=C1. The molecule has 96 valence electrons. The zero-order valence-electron chi connectivity index (χ0n) is 10.7. The van der Waals surface area contributed by atoms with Crippen molar-refractivity contribution in [1.82, 2.24) is 0 Å². The summed E-state index contributed by atoms with van der Waals surface area (Å²) in [5, 5.41) is 2.04. The fourth-order valence-corrected chi connectivity index (χ4v) is 3.04. The Morgan fingerprint density at radius 2 is 2.17 bits per heavy atom. The van der Waals surface area contributed by atoms with Gasteiger partial charge in [0.05, 0.1) is 20.1 Å². The van der Waals surface area contributed by atoms with Gasteiger partial charge in [0.1, 0.15) is 5.78 Å². The summed E-state index contributed by atoms with van der Waals surface area (Å²) < 4.78 is 10.8. The predicted molar refractivity (Wildman–Crippen MR) is 72.7 cm³/mol. The minimum atomic E-state index is -0.235. The van der Waals surface area contributed by atoms with E-state index in [1.165, 1.54) is 0 Å². The molecule has 4 heteroatoms. The first-order chi connectivity index (χ1) is 8.69. The van der Waals surface area contributed by atoms with E-state index < -0.39 is 0 Å². The van der Waals surface area contributed by atoms with Crippen LogP contribution in [0.15, 0.2) is 45.6 Å². The second-order valence-corrected chi connectivity index (χ2v) is 5.08. The van der Waals surface area contributed by atoms with E-state index in [-0.39, 0.29) is 11.7 Å². The van der Waals surface area contributed by atoms with Crippen molar-refractivity contribution in [1.29, 1.82) is 0 Å². The summed E-state index contributed by atoms with van der Waals surface area (Å²) in [5.74, 6) is 1.23. The zero-order valence-corrected chi connectivity index (χ0v) is 11.5. The van der Waals surface area contributed by atoms with E-state index in [2.05, 4.69) is 6.08 Å². The van der Waals surface area contributed by atoms with Crippen molar-refractivity contribution in [2.24, 2.45) is 5.92 Å². The van der Waals surface area contributed by atoms with Crippen LogP contribution >= 0.6 is 11.8 Å². The summed E-state index contributed by atoms with van der Waals surface area (Å²) in [6.07, 6.45) is 6.62. The summed E-state index contributed by atoms with van der Waals surface area (Å²) in [7, 11) is 3.22. The quantitative estimate of drug-likeness (QED) is 0.784. The minimum absolute atomic E-state index is 0.117. The molecule has 1 atom stereocenters. The number of methoxy groups -OCH3 is 2. The van der Waals surface area contributed by atoms with Crippen molar-refractivity contribution in [2.45, 2.75) is 13.3 Å². The lowest BCUT2D eigenvalue weighted by Gasteiger charge is -2.24. The summed E-state index contributed by atoms with van der Waals surface area (Å²) >= 11 is 1.64. The van der Waals surface area contributed by atoms with Gasteiger partial charge >= 0.3 is 0 Å². The smallest absolute Gasteiger partial charge is 0.165 e. The molecule has 3 nitrogen and oxygen atoms in total. The fraction of sp³-hybridized carbons (Fsp3) is 0.357. The highest BCUT2D eigenvalue weighted by Gasteiger charge is 2.30. The minimum Gasteiger partial charge on any atom is -0.493 e. The Morgan fingerprint density at radius 1 is 1.39 bits per heavy atom. The highest BCUT2D eigenvalue weighted by molar-refractivity contribution is 8.06. The van der Waals surface area contributed by atoms with Crippen LogP contribution in [0.5, 0.6) is 0 Å². The number of hydrogen-bond donors (Lipinski definition) is 0. The van der Waals surface area contributed by atoms with Crippen LogP contribution in [0.4, 0.5) is 0 Å². The van der Waals surface area contributed by atoms with E-state index >= 15 is 0 Å². The molecule has 0 amide bonds. The topological polar surface area (TPSA) is 35.5 Å². The van der Waals surface area contributed by atoms with Crippen LogP contribution in [-0.2, 0) is 14.3 Å². The Balaban J connectivity index is 2.53. The van der Waals surface area contributed by atoms with Crippen molar-refractivity contribution < 1.29 is 14.3 Å². The second kappa shape index (κ2) is 5.48. The zero-order chi connectivity index (χ0) is 13.1. The lowest BCUT2D eigenvalue weighted by molar-refractivity contribution is -0.118. The Kier molecular flexibility index (Phi) is 3.97. The average Bonchev–Trinajstić information content (AvgIpc) is 2.90. The molecule has 0 bridgehead atoms. The number of hydrogen-bond acceptors (Lipinski definition) is 4. The fourth-order valence-electron chi connectivity index (χ4n) is 2.15. The molecule has 0 aromatic carbocycles. The molecular formula is C14H16O3S. The number of carbonyl (C=O) groups excluding carboxylic acids is 1. The van der Waals surface area contributed by atoms with Gasteiger partial charge in [0.25, 0.3) is 0 Å². The molecule has 0 aromatic heterocycles. The van der Waals surface area contributed by atoms with Crippen molar-refractivity contribution in [3.63, 3.8) is 0 Å². The van der Waals surface area contributed by atoms with E-state index in [0.29, 0.717) is 11.5 Å². The van der Waals surface area contributed by atoms with Gasteiger partial charge in [-0.1, -0.05) is 12.2 Å². The molecule has 0 fully saturated rings. The third-order valence-corrected chi connectivity index (χ3v) is 3.99. The molecule has 2 aliphatic rings. The number of ketones is 1. The third kappa shape index (κ3) is 2.25. The molecule has 0 saturated carbocycles. The number of carbonyl (C=O) groups is 1. The number of ether oxygens (including phenoxy) is 2. The van der Waals surface area contributed by atoms with Gasteiger partial charge in [-0.05, 0) is 24.8 Å². The first-order valence-corrected chi connectivity index (χ1v) is 6.63. The lowest BCUT2D eigenvalue weighted by Crippen LogP contribution is -2.19. The Morgan fingerprint density at radius 3 is 2.67 bits per heavy atom. The molecule has 1 aliphatic carbocycles. The number of allylic oxidation sites excluding steroid dienone is 5. The van der Waals surface area contributed by atoms with Crippen molar-refractivity contribution in [2.75, 3.05) is 14.2 Å². The molecule has 0 N–H and O–H groups in total. The predicted octanol–water partition coefficient (Wildman–Crippen LogP) is 3.17. The first-order valence-electron chi connectivity index (χ1n) is 5.75. The van der Waals surface area contributed by atoms with Crippen LogP contribution in [0, 0.1) is 5.92 Å². The standard InChI is InChI=1S/C14H16O3S/c1-9(15)10-6-7-11(16-2)14(17-3)13(10)12-5-4-8-18-12/h4,6-8,10H,5H2,1-3H3/b13-12-. The van der Waals surface area contributed by atoms with E-state index in [1.807, 2.05) is 17.6 Å². The molecule has 0 saturated heterocycles. The van der Waals surface area contributed by atoms with Crippen LogP contribution in [0.2, 0.25) is 0 Å². The molecule has 0 aromatic rings. The van der Waals surface area contributed by atoms with Crippen molar-refractivity contribution in [3.8, 4) is 0 Å². The molecule has 1 unspecified atom stereocenters. The normalized spacial score (nSPS) is 26.7. The maximum absolute atomic E-state index is 11.8. The Hall–Kier alpha value is -1.42. The van der Waals surface area contributed by atoms with Crippen molar-refractivity contribution in [3.05, 3.63) is 45.6 Å². The highest BCUT2D eigenvalue weighted by Crippen LogP contribution is 2.41. The van der Waals surface area contributed by atoms with Gasteiger partial charge < -0.3 is 9.47 Å². The van der Waals surface area contributed by atoms with Gasteiger partial charge in [0.2, 0.25) is 0 Å². The van der Waals surface area contributed by atoms with Gasteiger partial charge in [-0.2, -0.15) is 0 Å². The van der Waals surface area contributed by atoms with Crippen molar-refractivity contribution >= 4 is 17.5 Å². The molecule has 0 spiro atoms. The largest absolute Gasteiger partial charge is 0.493 e. The Labute approximate surface area is 111 Å². The number of Topliss-reactive ketones (excluding diaryl/α,β-unsaturated/α-hetero) is 1. The van der Waals surface area contributed by atoms with Gasteiger partial charge in [-0.3, -0.25) is 4.79 Å². The summed E-state index contributed by atoms with van der Waals surface area (Å²) in [6, 6.07) is 0.